The van der Waals surface area contributed by atoms with Crippen molar-refractivity contribution in [1.29, 1.82) is 0 Å². The van der Waals surface area contributed by atoms with Crippen LogP contribution < -0.4 is 5.32 Å². The number of hydrogen-bond donors (Lipinski definition) is 1. The second-order valence-electron chi connectivity index (χ2n) is 5.21. The van der Waals surface area contributed by atoms with Gasteiger partial charge in [0.1, 0.15) is 0 Å². The van der Waals surface area contributed by atoms with Crippen LogP contribution >= 0.6 is 11.6 Å². The Kier molecular flexibility index (Phi) is 4.11. The molecule has 0 aromatic heterocycles. The quantitative estimate of drug-likeness (QED) is 0.946. The van der Waals surface area contributed by atoms with E-state index in [2.05, 4.69) is 5.32 Å². The van der Waals surface area contributed by atoms with Crippen LogP contribution in [0.3, 0.4) is 0 Å². The molecule has 1 heterocycles. The smallest absolute Gasteiger partial charge is 0.251 e. The van der Waals surface area contributed by atoms with Gasteiger partial charge in [0.05, 0.1) is 6.54 Å². The molecule has 0 saturated heterocycles. The topological polar surface area (TPSA) is 49.4 Å². The molecule has 112 valence electrons. The van der Waals surface area contributed by atoms with Crippen molar-refractivity contribution >= 4 is 23.4 Å². The maximum atomic E-state index is 12.2. The average molecular weight is 315 g/mol. The molecule has 2 amide bonds. The third kappa shape index (κ3) is 3.12. The van der Waals surface area contributed by atoms with Gasteiger partial charge in [0.2, 0.25) is 5.91 Å². The summed E-state index contributed by atoms with van der Waals surface area (Å²) in [7, 11) is 0. The number of carbonyl (C=O) groups is 2. The number of nitrogens with one attached hydrogen (secondary N) is 1. The highest BCUT2D eigenvalue weighted by atomic mass is 35.5. The largest absolute Gasteiger partial charge is 0.343 e. The van der Waals surface area contributed by atoms with E-state index in [9.17, 15) is 9.59 Å². The molecule has 4 nitrogen and oxygen atoms in total. The normalized spacial score (nSPS) is 12.9. The molecule has 0 fully saturated rings. The van der Waals surface area contributed by atoms with E-state index in [1.54, 1.807) is 29.2 Å². The molecule has 2 aromatic carbocycles. The molecule has 1 aliphatic rings. The molecule has 3 rings (SSSR count). The summed E-state index contributed by atoms with van der Waals surface area (Å²) >= 11 is 5.85. The first-order chi connectivity index (χ1) is 10.6. The van der Waals surface area contributed by atoms with Gasteiger partial charge >= 0.3 is 0 Å². The fourth-order valence-corrected chi connectivity index (χ4v) is 2.70. The van der Waals surface area contributed by atoms with Crippen molar-refractivity contribution in [3.8, 4) is 0 Å². The van der Waals surface area contributed by atoms with Gasteiger partial charge in [-0.15, -0.1) is 0 Å². The summed E-state index contributed by atoms with van der Waals surface area (Å²) in [5.74, 6) is -0.390. The van der Waals surface area contributed by atoms with E-state index in [1.807, 2.05) is 24.3 Å². The van der Waals surface area contributed by atoms with Gasteiger partial charge in [-0.3, -0.25) is 9.59 Å². The molecule has 0 aliphatic carbocycles. The van der Waals surface area contributed by atoms with E-state index in [0.717, 1.165) is 11.1 Å². The molecule has 0 unspecified atom stereocenters. The van der Waals surface area contributed by atoms with Gasteiger partial charge in [0, 0.05) is 23.7 Å². The summed E-state index contributed by atoms with van der Waals surface area (Å²) in [6.45, 7) is 1.18. The number of benzene rings is 2. The predicted octanol–water partition coefficient (Wildman–Crippen LogP) is 2.61. The monoisotopic (exact) mass is 314 g/mol. The summed E-state index contributed by atoms with van der Waals surface area (Å²) in [6, 6.07) is 14.6. The minimum absolute atomic E-state index is 0.0145. The highest BCUT2D eigenvalue weighted by Gasteiger charge is 2.22. The second-order valence-corrected chi connectivity index (χ2v) is 5.65. The van der Waals surface area contributed by atoms with Crippen LogP contribution in [0.5, 0.6) is 0 Å². The number of nitrogens with zero attached hydrogens (tertiary/aromatic N) is 1. The maximum absolute atomic E-state index is 12.2. The highest BCUT2D eigenvalue weighted by molar-refractivity contribution is 6.30. The van der Waals surface area contributed by atoms with E-state index < -0.39 is 0 Å². The fourth-order valence-electron chi connectivity index (χ4n) is 2.51. The number of rotatable bonds is 3. The summed E-state index contributed by atoms with van der Waals surface area (Å²) in [5.41, 5.74) is 2.78. The molecule has 5 heteroatoms. The Labute approximate surface area is 133 Å². The van der Waals surface area contributed by atoms with Crippen LogP contribution in [-0.4, -0.2) is 23.3 Å². The van der Waals surface area contributed by atoms with E-state index in [4.69, 9.17) is 11.6 Å². The molecule has 0 bridgehead atoms. The van der Waals surface area contributed by atoms with Crippen molar-refractivity contribution in [2.45, 2.75) is 13.1 Å². The molecule has 0 atom stereocenters. The Morgan fingerprint density at radius 2 is 1.73 bits per heavy atom. The molecular weight excluding hydrogens is 300 g/mol. The minimum atomic E-state index is -0.299. The van der Waals surface area contributed by atoms with Crippen LogP contribution in [0, 0.1) is 0 Å². The third-order valence-electron chi connectivity index (χ3n) is 3.68. The van der Waals surface area contributed by atoms with Crippen LogP contribution in [0.2, 0.25) is 5.02 Å². The second kappa shape index (κ2) is 6.20. The lowest BCUT2D eigenvalue weighted by molar-refractivity contribution is -0.130. The summed E-state index contributed by atoms with van der Waals surface area (Å²) in [4.78, 5) is 25.9. The molecule has 1 N–H and O–H groups in total. The Bertz CT molecular complexity index is 705. The number of halogens is 1. The van der Waals surface area contributed by atoms with Gasteiger partial charge in [-0.1, -0.05) is 41.9 Å². The van der Waals surface area contributed by atoms with Gasteiger partial charge in [-0.05, 0) is 29.3 Å². The van der Waals surface area contributed by atoms with Gasteiger partial charge in [0.15, 0.2) is 0 Å². The van der Waals surface area contributed by atoms with E-state index in [-0.39, 0.29) is 18.4 Å². The van der Waals surface area contributed by atoms with Crippen LogP contribution in [0.15, 0.2) is 48.5 Å². The molecule has 2 aromatic rings. The first kappa shape index (κ1) is 14.6. The van der Waals surface area contributed by atoms with Gasteiger partial charge in [-0.25, -0.2) is 0 Å². The Balaban J connectivity index is 1.56. The first-order valence-corrected chi connectivity index (χ1v) is 7.39. The third-order valence-corrected chi connectivity index (χ3v) is 3.92. The standard InChI is InChI=1S/C17H15ClN2O2/c18-15-7-3-6-12(8-15)17(22)19-9-16(21)20-10-13-4-1-2-5-14(13)11-20/h1-8H,9-11H2,(H,19,22). The lowest BCUT2D eigenvalue weighted by Gasteiger charge is -2.15. The molecule has 0 radical (unpaired) electrons. The maximum Gasteiger partial charge on any atom is 0.251 e. The van der Waals surface area contributed by atoms with Gasteiger partial charge in [-0.2, -0.15) is 0 Å². The van der Waals surface area contributed by atoms with Crippen molar-refractivity contribution in [3.05, 3.63) is 70.2 Å². The zero-order valence-corrected chi connectivity index (χ0v) is 12.6. The molecule has 0 spiro atoms. The number of fused-ring (bicyclic) bond motifs is 1. The van der Waals surface area contributed by atoms with E-state index >= 15 is 0 Å². The Morgan fingerprint density at radius 1 is 1.05 bits per heavy atom. The molecule has 1 aliphatic heterocycles. The first-order valence-electron chi connectivity index (χ1n) is 7.02. The summed E-state index contributed by atoms with van der Waals surface area (Å²) in [6.07, 6.45) is 0. The van der Waals surface area contributed by atoms with Crippen molar-refractivity contribution in [2.24, 2.45) is 0 Å². The Morgan fingerprint density at radius 3 is 2.36 bits per heavy atom. The fraction of sp³-hybridized carbons (Fsp3) is 0.176. The number of hydrogen-bond acceptors (Lipinski definition) is 2. The average Bonchev–Trinajstić information content (AvgIpc) is 2.96. The number of amides is 2. The Hall–Kier alpha value is -2.33. The molecule has 0 saturated carbocycles. The summed E-state index contributed by atoms with van der Waals surface area (Å²) in [5, 5.41) is 3.14. The zero-order valence-electron chi connectivity index (χ0n) is 11.9. The predicted molar refractivity (Wildman–Crippen MR) is 84.5 cm³/mol. The minimum Gasteiger partial charge on any atom is -0.343 e. The van der Waals surface area contributed by atoms with Crippen LogP contribution in [-0.2, 0) is 17.9 Å². The summed E-state index contributed by atoms with van der Waals surface area (Å²) < 4.78 is 0. The van der Waals surface area contributed by atoms with Crippen molar-refractivity contribution in [1.82, 2.24) is 10.2 Å². The van der Waals surface area contributed by atoms with Crippen molar-refractivity contribution in [3.63, 3.8) is 0 Å². The lowest BCUT2D eigenvalue weighted by Crippen LogP contribution is -2.37. The SMILES string of the molecule is O=C(NCC(=O)N1Cc2ccccc2C1)c1cccc(Cl)c1. The highest BCUT2D eigenvalue weighted by Crippen LogP contribution is 2.21. The van der Waals surface area contributed by atoms with Crippen LogP contribution in [0.25, 0.3) is 0 Å². The van der Waals surface area contributed by atoms with E-state index in [0.29, 0.717) is 23.7 Å². The van der Waals surface area contributed by atoms with Crippen LogP contribution in [0.1, 0.15) is 21.5 Å². The van der Waals surface area contributed by atoms with Crippen molar-refractivity contribution < 1.29 is 9.59 Å². The van der Waals surface area contributed by atoms with Crippen molar-refractivity contribution in [2.75, 3.05) is 6.54 Å². The lowest BCUT2D eigenvalue weighted by atomic mass is 10.1. The zero-order chi connectivity index (χ0) is 15.5. The number of carbonyl (C=O) groups excluding carboxylic acids is 2. The van der Waals surface area contributed by atoms with Gasteiger partial charge < -0.3 is 10.2 Å². The molecular formula is C17H15ClN2O2. The van der Waals surface area contributed by atoms with Gasteiger partial charge in [0.25, 0.3) is 5.91 Å². The van der Waals surface area contributed by atoms with Crippen LogP contribution in [0.4, 0.5) is 0 Å². The van der Waals surface area contributed by atoms with E-state index in [1.165, 1.54) is 0 Å². The molecule has 22 heavy (non-hydrogen) atoms.